The van der Waals surface area contributed by atoms with Gasteiger partial charge in [-0.2, -0.15) is 0 Å². The lowest BCUT2D eigenvalue weighted by Gasteiger charge is -2.31. The molecule has 0 amide bonds. The van der Waals surface area contributed by atoms with Crippen molar-refractivity contribution < 1.29 is 20.4 Å². The van der Waals surface area contributed by atoms with Crippen LogP contribution in [-0.4, -0.2) is 43.9 Å². The monoisotopic (exact) mass is 506 g/mol. The Balaban J connectivity index is 0.000000704. The van der Waals surface area contributed by atoms with Crippen molar-refractivity contribution in [2.75, 3.05) is 0 Å². The van der Waals surface area contributed by atoms with Gasteiger partial charge in [0.25, 0.3) is 0 Å². The van der Waals surface area contributed by atoms with Gasteiger partial charge in [-0.1, -0.05) is 101 Å². The molecule has 6 heteroatoms. The zero-order chi connectivity index (χ0) is 27.1. The number of phenols is 4. The molecular formula is C32H30N2O4. The number of benzene rings is 4. The first kappa shape index (κ1) is 25.1. The molecule has 0 saturated heterocycles. The minimum absolute atomic E-state index is 0.0572. The molecule has 6 nitrogen and oxygen atoms in total. The summed E-state index contributed by atoms with van der Waals surface area (Å²) in [5, 5.41) is 46.3. The summed E-state index contributed by atoms with van der Waals surface area (Å²) in [4.78, 5) is 9.82. The first-order chi connectivity index (χ1) is 18.5. The Kier molecular flexibility index (Phi) is 6.41. The van der Waals surface area contributed by atoms with E-state index >= 15 is 0 Å². The molecule has 0 spiro atoms. The Morgan fingerprint density at radius 3 is 1.16 bits per heavy atom. The Labute approximate surface area is 221 Å². The smallest absolute Gasteiger partial charge is 0.133 e. The fourth-order valence-corrected chi connectivity index (χ4v) is 5.33. The van der Waals surface area contributed by atoms with E-state index in [1.165, 1.54) is 0 Å². The zero-order valence-electron chi connectivity index (χ0n) is 21.8. The van der Waals surface area contributed by atoms with Gasteiger partial charge in [0.15, 0.2) is 0 Å². The van der Waals surface area contributed by atoms with E-state index in [2.05, 4.69) is 0 Å². The fourth-order valence-electron chi connectivity index (χ4n) is 5.33. The molecule has 2 aliphatic carbocycles. The molecule has 1 aliphatic heterocycles. The van der Waals surface area contributed by atoms with Gasteiger partial charge in [0.1, 0.15) is 35.1 Å². The minimum Gasteiger partial charge on any atom is -0.507 e. The van der Waals surface area contributed by atoms with E-state index in [4.69, 9.17) is 9.98 Å². The van der Waals surface area contributed by atoms with Crippen molar-refractivity contribution >= 4 is 45.1 Å². The van der Waals surface area contributed by atoms with Gasteiger partial charge in [0.05, 0.1) is 22.6 Å². The molecular weight excluding hydrogens is 476 g/mol. The number of phenolic OH excluding ortho intramolecular Hbond substituents is 4. The van der Waals surface area contributed by atoms with Crippen molar-refractivity contribution in [2.45, 2.75) is 39.8 Å². The van der Waals surface area contributed by atoms with Crippen molar-refractivity contribution in [1.82, 2.24) is 0 Å². The standard InChI is InChI=1S/C28H18N2O4.2C2H6/c31-25-13-5-1-3-7-15(13)27(33)21-17(25)9-11-19-23(21)29-20-12-10-18-22(24(20)30-19)28(34)16-8-4-2-6-14(16)26(18)32;2*1-2/h1-12,19-20,31-34H;2*1-2H3. The van der Waals surface area contributed by atoms with Crippen LogP contribution in [0.4, 0.5) is 0 Å². The predicted molar refractivity (Wildman–Crippen MR) is 156 cm³/mol. The molecule has 0 bridgehead atoms. The topological polar surface area (TPSA) is 106 Å². The number of fused-ring (bicyclic) bond motifs is 8. The van der Waals surface area contributed by atoms with Gasteiger partial charge >= 0.3 is 0 Å². The zero-order valence-corrected chi connectivity index (χ0v) is 21.8. The maximum absolute atomic E-state index is 11.1. The SMILES string of the molecule is CC.CC.Oc1c2c(c(O)c3ccccc13)C1=NC3C=Cc4c(c(O)c5ccccc5c4O)C3=NC1C=C2. The molecule has 4 N–H and O–H groups in total. The van der Waals surface area contributed by atoms with Gasteiger partial charge in [-0.25, -0.2) is 0 Å². The Morgan fingerprint density at radius 2 is 0.816 bits per heavy atom. The summed E-state index contributed by atoms with van der Waals surface area (Å²) in [6.07, 6.45) is 7.16. The van der Waals surface area contributed by atoms with Gasteiger partial charge in [0, 0.05) is 32.7 Å². The van der Waals surface area contributed by atoms with Crippen LogP contribution in [0.1, 0.15) is 49.9 Å². The van der Waals surface area contributed by atoms with Crippen LogP contribution in [0.5, 0.6) is 23.0 Å². The van der Waals surface area contributed by atoms with Gasteiger partial charge in [-0.05, 0) is 0 Å². The number of hydrogen-bond acceptors (Lipinski definition) is 6. The minimum atomic E-state index is -0.502. The molecule has 2 unspecified atom stereocenters. The lowest BCUT2D eigenvalue weighted by Crippen LogP contribution is -2.35. The van der Waals surface area contributed by atoms with Crippen molar-refractivity contribution in [2.24, 2.45) is 9.98 Å². The molecule has 192 valence electrons. The first-order valence-electron chi connectivity index (χ1n) is 13.0. The maximum Gasteiger partial charge on any atom is 0.133 e. The van der Waals surface area contributed by atoms with E-state index < -0.39 is 12.1 Å². The number of aliphatic imine (C=N–C) groups is 2. The average Bonchev–Trinajstić information content (AvgIpc) is 2.98. The van der Waals surface area contributed by atoms with Crippen LogP contribution in [0.15, 0.2) is 70.7 Å². The van der Waals surface area contributed by atoms with Crippen LogP contribution in [0, 0.1) is 0 Å². The summed E-state index contributed by atoms with van der Waals surface area (Å²) >= 11 is 0. The van der Waals surface area contributed by atoms with Gasteiger partial charge in [0.2, 0.25) is 0 Å². The molecule has 0 radical (unpaired) electrons. The molecule has 1 heterocycles. The van der Waals surface area contributed by atoms with E-state index in [0.29, 0.717) is 55.2 Å². The van der Waals surface area contributed by atoms with E-state index in [0.717, 1.165) is 0 Å². The highest BCUT2D eigenvalue weighted by atomic mass is 16.3. The summed E-state index contributed by atoms with van der Waals surface area (Å²) in [6.45, 7) is 8.00. The second-order valence-electron chi connectivity index (χ2n) is 8.70. The largest absolute Gasteiger partial charge is 0.507 e. The van der Waals surface area contributed by atoms with Crippen LogP contribution < -0.4 is 0 Å². The number of nitrogens with zero attached hydrogens (tertiary/aromatic N) is 2. The Bertz CT molecular complexity index is 1590. The van der Waals surface area contributed by atoms with E-state index in [9.17, 15) is 20.4 Å². The van der Waals surface area contributed by atoms with Crippen LogP contribution in [0.3, 0.4) is 0 Å². The highest BCUT2D eigenvalue weighted by Crippen LogP contribution is 2.46. The summed E-state index contributed by atoms with van der Waals surface area (Å²) in [5.74, 6) is 0.298. The number of rotatable bonds is 0. The number of aromatic hydroxyl groups is 4. The van der Waals surface area contributed by atoms with E-state index in [1.54, 1.807) is 36.4 Å². The second-order valence-corrected chi connectivity index (χ2v) is 8.70. The molecule has 0 saturated carbocycles. The normalized spacial score (nSPS) is 18.0. The van der Waals surface area contributed by atoms with Crippen molar-refractivity contribution in [1.29, 1.82) is 0 Å². The maximum atomic E-state index is 11.1. The third kappa shape index (κ3) is 3.48. The Morgan fingerprint density at radius 1 is 0.500 bits per heavy atom. The highest BCUT2D eigenvalue weighted by molar-refractivity contribution is 6.24. The van der Waals surface area contributed by atoms with Crippen LogP contribution in [0.25, 0.3) is 33.7 Å². The molecule has 38 heavy (non-hydrogen) atoms. The van der Waals surface area contributed by atoms with Gasteiger partial charge in [-0.15, -0.1) is 0 Å². The summed E-state index contributed by atoms with van der Waals surface area (Å²) < 4.78 is 0. The quantitative estimate of drug-likeness (QED) is 0.194. The molecule has 4 aromatic rings. The third-order valence-electron chi connectivity index (χ3n) is 6.92. The third-order valence-corrected chi connectivity index (χ3v) is 6.92. The first-order valence-corrected chi connectivity index (χ1v) is 13.0. The summed E-state index contributed by atoms with van der Waals surface area (Å²) in [6, 6.07) is 13.3. The van der Waals surface area contributed by atoms with Crippen LogP contribution >= 0.6 is 0 Å². The van der Waals surface area contributed by atoms with E-state index in [1.807, 2.05) is 64.1 Å². The van der Waals surface area contributed by atoms with Crippen LogP contribution in [0.2, 0.25) is 0 Å². The van der Waals surface area contributed by atoms with Crippen molar-refractivity contribution in [3.8, 4) is 23.0 Å². The average molecular weight is 507 g/mol. The fraction of sp³-hybridized carbons (Fsp3) is 0.188. The predicted octanol–water partition coefficient (Wildman–Crippen LogP) is 6.95. The molecule has 3 aliphatic rings. The lowest BCUT2D eigenvalue weighted by atomic mass is 9.83. The van der Waals surface area contributed by atoms with Crippen LogP contribution in [-0.2, 0) is 0 Å². The number of hydrogen-bond donors (Lipinski definition) is 4. The van der Waals surface area contributed by atoms with Crippen molar-refractivity contribution in [3.63, 3.8) is 0 Å². The molecule has 0 aromatic heterocycles. The highest BCUT2D eigenvalue weighted by Gasteiger charge is 2.36. The summed E-state index contributed by atoms with van der Waals surface area (Å²) in [7, 11) is 0. The molecule has 0 fully saturated rings. The molecule has 7 rings (SSSR count). The molecule has 2 atom stereocenters. The van der Waals surface area contributed by atoms with Gasteiger partial charge in [-0.3, -0.25) is 9.98 Å². The molecule has 4 aromatic carbocycles. The Hall–Kier alpha value is -4.58. The van der Waals surface area contributed by atoms with Crippen molar-refractivity contribution in [3.05, 3.63) is 82.9 Å². The van der Waals surface area contributed by atoms with Gasteiger partial charge < -0.3 is 20.4 Å². The second kappa shape index (κ2) is 9.71. The lowest BCUT2D eigenvalue weighted by molar-refractivity contribution is 0.466. The summed E-state index contributed by atoms with van der Waals surface area (Å²) in [5.41, 5.74) is 3.07. The van der Waals surface area contributed by atoms with E-state index in [-0.39, 0.29) is 23.0 Å².